The van der Waals surface area contributed by atoms with Gasteiger partial charge in [-0.3, -0.25) is 4.79 Å². The van der Waals surface area contributed by atoms with Gasteiger partial charge in [-0.15, -0.1) is 0 Å². The molecule has 0 aromatic rings. The molecule has 0 aromatic heterocycles. The van der Waals surface area contributed by atoms with E-state index >= 15 is 0 Å². The van der Waals surface area contributed by atoms with Crippen LogP contribution >= 0.6 is 0 Å². The van der Waals surface area contributed by atoms with Crippen LogP contribution in [0.25, 0.3) is 0 Å². The van der Waals surface area contributed by atoms with E-state index in [9.17, 15) is 9.59 Å². The van der Waals surface area contributed by atoms with Crippen molar-refractivity contribution in [2.75, 3.05) is 26.2 Å². The Labute approximate surface area is 138 Å². The maximum atomic E-state index is 12.2. The van der Waals surface area contributed by atoms with E-state index in [1.807, 2.05) is 39.0 Å². The van der Waals surface area contributed by atoms with E-state index in [2.05, 4.69) is 23.7 Å². The maximum absolute atomic E-state index is 12.2. The van der Waals surface area contributed by atoms with Crippen LogP contribution in [-0.2, 0) is 4.79 Å². The number of carbonyl (C=O) groups is 2. The topological polar surface area (TPSA) is 52.7 Å². The molecule has 0 aromatic carbocycles. The highest BCUT2D eigenvalue weighted by Crippen LogP contribution is 2.03. The molecule has 0 spiro atoms. The molecule has 5 heteroatoms. The van der Waals surface area contributed by atoms with Crippen LogP contribution in [0.1, 0.15) is 20.8 Å². The second kappa shape index (κ2) is 9.52. The number of nitrogens with zero attached hydrogens (tertiary/aromatic N) is 2. The van der Waals surface area contributed by atoms with Gasteiger partial charge in [0.05, 0.1) is 6.04 Å². The second-order valence-corrected chi connectivity index (χ2v) is 5.20. The molecular formula is C18H25N3O2. The number of hydrogen-bond donors (Lipinski definition) is 1. The van der Waals surface area contributed by atoms with Gasteiger partial charge in [-0.1, -0.05) is 36.6 Å². The first-order chi connectivity index (χ1) is 11.0. The Balaban J connectivity index is 2.50. The number of amides is 3. The van der Waals surface area contributed by atoms with Gasteiger partial charge in [0, 0.05) is 31.8 Å². The lowest BCUT2D eigenvalue weighted by Crippen LogP contribution is -2.53. The summed E-state index contributed by atoms with van der Waals surface area (Å²) < 4.78 is 0. The monoisotopic (exact) mass is 315 g/mol. The predicted octanol–water partition coefficient (Wildman–Crippen LogP) is 1.94. The summed E-state index contributed by atoms with van der Waals surface area (Å²) in [4.78, 5) is 27.1. The zero-order valence-corrected chi connectivity index (χ0v) is 14.1. The molecule has 1 aliphatic rings. The van der Waals surface area contributed by atoms with Gasteiger partial charge in [0.2, 0.25) is 5.91 Å². The first kappa shape index (κ1) is 18.6. The minimum atomic E-state index is -0.240. The number of hydrogen-bond acceptors (Lipinski definition) is 2. The molecule has 5 nitrogen and oxygen atoms in total. The molecule has 1 unspecified atom stereocenters. The van der Waals surface area contributed by atoms with Crippen LogP contribution in [0.3, 0.4) is 0 Å². The smallest absolute Gasteiger partial charge is 0.318 e. The molecule has 124 valence electrons. The SMILES string of the molecule is C=CC(=O)N1CCN(C(=O)NC(C)C#CC(/C=C\C)=C/C)CC1. The van der Waals surface area contributed by atoms with E-state index in [0.29, 0.717) is 26.2 Å². The molecule has 1 atom stereocenters. The molecule has 0 radical (unpaired) electrons. The van der Waals surface area contributed by atoms with Gasteiger partial charge in [-0.05, 0) is 26.8 Å². The number of allylic oxidation sites excluding steroid dienone is 4. The van der Waals surface area contributed by atoms with E-state index in [1.165, 1.54) is 6.08 Å². The zero-order chi connectivity index (χ0) is 17.2. The lowest BCUT2D eigenvalue weighted by molar-refractivity contribution is -0.127. The van der Waals surface area contributed by atoms with E-state index < -0.39 is 0 Å². The Morgan fingerprint density at radius 3 is 2.30 bits per heavy atom. The first-order valence-electron chi connectivity index (χ1n) is 7.79. The lowest BCUT2D eigenvalue weighted by atomic mass is 10.2. The van der Waals surface area contributed by atoms with Gasteiger partial charge >= 0.3 is 6.03 Å². The van der Waals surface area contributed by atoms with Gasteiger partial charge < -0.3 is 15.1 Å². The number of piperazine rings is 1. The maximum Gasteiger partial charge on any atom is 0.318 e. The van der Waals surface area contributed by atoms with E-state index in [4.69, 9.17) is 0 Å². The summed E-state index contributed by atoms with van der Waals surface area (Å²) in [6, 6.07) is -0.388. The van der Waals surface area contributed by atoms with Crippen LogP contribution in [-0.4, -0.2) is 54.0 Å². The molecule has 0 saturated carbocycles. The van der Waals surface area contributed by atoms with Crippen LogP contribution < -0.4 is 5.32 Å². The van der Waals surface area contributed by atoms with Crippen molar-refractivity contribution >= 4 is 11.9 Å². The molecule has 1 heterocycles. The quantitative estimate of drug-likeness (QED) is 0.491. The Morgan fingerprint density at radius 1 is 1.17 bits per heavy atom. The third-order valence-electron chi connectivity index (χ3n) is 3.48. The summed E-state index contributed by atoms with van der Waals surface area (Å²) in [5.74, 6) is 5.96. The minimum Gasteiger partial charge on any atom is -0.336 e. The normalized spacial score (nSPS) is 16.6. The third-order valence-corrected chi connectivity index (χ3v) is 3.48. The lowest BCUT2D eigenvalue weighted by Gasteiger charge is -2.34. The highest BCUT2D eigenvalue weighted by atomic mass is 16.2. The van der Waals surface area contributed by atoms with Gasteiger partial charge in [-0.25, -0.2) is 4.79 Å². The van der Waals surface area contributed by atoms with Crippen molar-refractivity contribution in [1.82, 2.24) is 15.1 Å². The van der Waals surface area contributed by atoms with Crippen molar-refractivity contribution in [2.45, 2.75) is 26.8 Å². The molecule has 1 saturated heterocycles. The summed E-state index contributed by atoms with van der Waals surface area (Å²) in [5, 5.41) is 2.87. The van der Waals surface area contributed by atoms with Crippen molar-refractivity contribution in [3.05, 3.63) is 36.5 Å². The number of nitrogens with one attached hydrogen (secondary N) is 1. The van der Waals surface area contributed by atoms with E-state index in [1.54, 1.807) is 9.80 Å². The van der Waals surface area contributed by atoms with Crippen LogP contribution in [0.2, 0.25) is 0 Å². The van der Waals surface area contributed by atoms with Crippen molar-refractivity contribution in [2.24, 2.45) is 0 Å². The number of urea groups is 1. The highest BCUT2D eigenvalue weighted by Gasteiger charge is 2.23. The Bertz CT molecular complexity index is 559. The molecule has 1 fully saturated rings. The largest absolute Gasteiger partial charge is 0.336 e. The fourth-order valence-electron chi connectivity index (χ4n) is 2.15. The molecule has 0 bridgehead atoms. The van der Waals surface area contributed by atoms with Crippen LogP contribution in [0.4, 0.5) is 4.79 Å². The van der Waals surface area contributed by atoms with Crippen molar-refractivity contribution < 1.29 is 9.59 Å². The fourth-order valence-corrected chi connectivity index (χ4v) is 2.15. The molecule has 3 amide bonds. The van der Waals surface area contributed by atoms with Gasteiger partial charge in [0.25, 0.3) is 0 Å². The summed E-state index contributed by atoms with van der Waals surface area (Å²) in [7, 11) is 0. The van der Waals surface area contributed by atoms with Crippen molar-refractivity contribution in [3.8, 4) is 11.8 Å². The Morgan fingerprint density at radius 2 is 1.78 bits per heavy atom. The minimum absolute atomic E-state index is 0.0906. The van der Waals surface area contributed by atoms with E-state index in [-0.39, 0.29) is 18.0 Å². The Hall–Kier alpha value is -2.48. The molecule has 1 N–H and O–H groups in total. The van der Waals surface area contributed by atoms with Crippen LogP contribution in [0.5, 0.6) is 0 Å². The third kappa shape index (κ3) is 6.03. The van der Waals surface area contributed by atoms with Crippen molar-refractivity contribution in [3.63, 3.8) is 0 Å². The van der Waals surface area contributed by atoms with Gasteiger partial charge in [0.1, 0.15) is 0 Å². The zero-order valence-electron chi connectivity index (χ0n) is 14.1. The average molecular weight is 315 g/mol. The number of carbonyl (C=O) groups excluding carboxylic acids is 2. The summed E-state index contributed by atoms with van der Waals surface area (Å²) >= 11 is 0. The van der Waals surface area contributed by atoms with Crippen LogP contribution in [0, 0.1) is 11.8 Å². The molecule has 0 aliphatic carbocycles. The van der Waals surface area contributed by atoms with E-state index in [0.717, 1.165) is 5.57 Å². The highest BCUT2D eigenvalue weighted by molar-refractivity contribution is 5.87. The van der Waals surface area contributed by atoms with Gasteiger partial charge in [0.15, 0.2) is 0 Å². The Kier molecular flexibility index (Phi) is 7.69. The fraction of sp³-hybridized carbons (Fsp3) is 0.444. The van der Waals surface area contributed by atoms with Crippen LogP contribution in [0.15, 0.2) is 36.5 Å². The molecule has 23 heavy (non-hydrogen) atoms. The second-order valence-electron chi connectivity index (χ2n) is 5.20. The summed E-state index contributed by atoms with van der Waals surface area (Å²) in [6.07, 6.45) is 7.09. The molecule has 1 rings (SSSR count). The standard InChI is InChI=1S/C18H25N3O2/c1-5-8-16(6-2)10-9-15(4)19-18(23)21-13-11-20(12-14-21)17(22)7-3/h5-8,15H,3,11-14H2,1-2,4H3,(H,19,23)/b8-5-,16-6+. The number of rotatable bonds is 3. The summed E-state index contributed by atoms with van der Waals surface area (Å²) in [6.45, 7) is 11.3. The predicted molar refractivity (Wildman–Crippen MR) is 92.7 cm³/mol. The van der Waals surface area contributed by atoms with Crippen molar-refractivity contribution in [1.29, 1.82) is 0 Å². The molecule has 1 aliphatic heterocycles. The summed E-state index contributed by atoms with van der Waals surface area (Å²) in [5.41, 5.74) is 0.921. The van der Waals surface area contributed by atoms with Gasteiger partial charge in [-0.2, -0.15) is 0 Å². The average Bonchev–Trinajstić information content (AvgIpc) is 2.57. The first-order valence-corrected chi connectivity index (χ1v) is 7.79. The molecular weight excluding hydrogens is 290 g/mol.